The van der Waals surface area contributed by atoms with Gasteiger partial charge in [-0.15, -0.1) is 0 Å². The van der Waals surface area contributed by atoms with Gasteiger partial charge in [0.2, 0.25) is 0 Å². The molecule has 0 aliphatic rings. The summed E-state index contributed by atoms with van der Waals surface area (Å²) >= 11 is 9.54. The molecule has 0 saturated carbocycles. The first kappa shape index (κ1) is 22.8. The first-order chi connectivity index (χ1) is 14.7. The van der Waals surface area contributed by atoms with Gasteiger partial charge in [0, 0.05) is 15.2 Å². The van der Waals surface area contributed by atoms with Gasteiger partial charge in [-0.2, -0.15) is 5.26 Å². The molecule has 3 aromatic rings. The van der Waals surface area contributed by atoms with Gasteiger partial charge in [0.1, 0.15) is 11.6 Å². The molecule has 5 heteroatoms. The van der Waals surface area contributed by atoms with Crippen LogP contribution < -0.4 is 5.32 Å². The highest BCUT2D eigenvalue weighted by atomic mass is 79.9. The summed E-state index contributed by atoms with van der Waals surface area (Å²) in [5, 5.41) is 13.0. The molecule has 0 aromatic heterocycles. The van der Waals surface area contributed by atoms with E-state index in [1.165, 1.54) is 16.7 Å². The summed E-state index contributed by atoms with van der Waals surface area (Å²) in [4.78, 5) is 12.8. The van der Waals surface area contributed by atoms with Gasteiger partial charge in [-0.05, 0) is 79.8 Å². The van der Waals surface area contributed by atoms with Crippen molar-refractivity contribution in [2.75, 3.05) is 5.32 Å². The van der Waals surface area contributed by atoms with Gasteiger partial charge in [-0.1, -0.05) is 69.0 Å². The number of halogens is 2. The first-order valence-electron chi connectivity index (χ1n) is 9.80. The van der Waals surface area contributed by atoms with Crippen molar-refractivity contribution in [3.8, 4) is 6.07 Å². The number of nitrogens with zero attached hydrogens (tertiary/aromatic N) is 1. The largest absolute Gasteiger partial charge is 0.321 e. The molecule has 0 fully saturated rings. The van der Waals surface area contributed by atoms with E-state index in [9.17, 15) is 10.1 Å². The van der Waals surface area contributed by atoms with Gasteiger partial charge < -0.3 is 5.32 Å². The Bertz CT molecular complexity index is 1200. The van der Waals surface area contributed by atoms with E-state index in [-0.39, 0.29) is 5.57 Å². The van der Waals surface area contributed by atoms with E-state index in [0.29, 0.717) is 17.1 Å². The molecule has 3 aromatic carbocycles. The zero-order valence-corrected chi connectivity index (χ0v) is 19.9. The molecule has 31 heavy (non-hydrogen) atoms. The Labute approximate surface area is 196 Å². The van der Waals surface area contributed by atoms with E-state index in [1.54, 1.807) is 18.2 Å². The van der Waals surface area contributed by atoms with Crippen molar-refractivity contribution in [1.82, 2.24) is 0 Å². The number of rotatable bonds is 5. The third-order valence-corrected chi connectivity index (χ3v) is 5.63. The Hall–Kier alpha value is -2.87. The van der Waals surface area contributed by atoms with Crippen molar-refractivity contribution in [3.63, 3.8) is 0 Å². The smallest absolute Gasteiger partial charge is 0.266 e. The van der Waals surface area contributed by atoms with Gasteiger partial charge in [-0.25, -0.2) is 0 Å². The molecule has 0 aliphatic carbocycles. The van der Waals surface area contributed by atoms with E-state index >= 15 is 0 Å². The third-order valence-electron chi connectivity index (χ3n) is 4.90. The normalized spacial score (nSPS) is 11.2. The Morgan fingerprint density at radius 1 is 1.06 bits per heavy atom. The molecule has 0 saturated heterocycles. The number of hydrogen-bond acceptors (Lipinski definition) is 2. The van der Waals surface area contributed by atoms with Crippen LogP contribution in [-0.2, 0) is 11.2 Å². The van der Waals surface area contributed by atoms with E-state index in [1.807, 2.05) is 37.3 Å². The van der Waals surface area contributed by atoms with Crippen molar-refractivity contribution in [2.24, 2.45) is 0 Å². The molecular formula is C26H22BrClN2O. The molecule has 0 aliphatic heterocycles. The average molecular weight is 494 g/mol. The topological polar surface area (TPSA) is 52.9 Å². The number of carbonyl (C=O) groups excluding carboxylic acids is 1. The van der Waals surface area contributed by atoms with E-state index < -0.39 is 5.91 Å². The number of nitrogens with one attached hydrogen (secondary N) is 1. The molecule has 156 valence electrons. The minimum absolute atomic E-state index is 0.0270. The molecule has 1 N–H and O–H groups in total. The molecule has 0 atom stereocenters. The number of hydrogen-bond donors (Lipinski definition) is 1. The number of nitriles is 1. The zero-order valence-electron chi connectivity index (χ0n) is 17.6. The van der Waals surface area contributed by atoms with Crippen molar-refractivity contribution in [2.45, 2.75) is 27.2 Å². The van der Waals surface area contributed by atoms with Crippen LogP contribution in [-0.4, -0.2) is 5.91 Å². The lowest BCUT2D eigenvalue weighted by Crippen LogP contribution is -2.14. The zero-order chi connectivity index (χ0) is 22.5. The van der Waals surface area contributed by atoms with Crippen LogP contribution in [0.25, 0.3) is 6.08 Å². The Balaban J connectivity index is 1.94. The van der Waals surface area contributed by atoms with Crippen LogP contribution in [0.15, 0.2) is 64.6 Å². The fourth-order valence-electron chi connectivity index (χ4n) is 3.47. The minimum atomic E-state index is -0.467. The van der Waals surface area contributed by atoms with Crippen molar-refractivity contribution in [1.29, 1.82) is 5.26 Å². The quantitative estimate of drug-likeness (QED) is 0.303. The number of anilines is 1. The predicted octanol–water partition coefficient (Wildman–Crippen LogP) is 7.16. The highest BCUT2D eigenvalue weighted by Crippen LogP contribution is 2.24. The molecule has 3 rings (SSSR count). The highest BCUT2D eigenvalue weighted by molar-refractivity contribution is 9.10. The van der Waals surface area contributed by atoms with Gasteiger partial charge in [-0.3, -0.25) is 4.79 Å². The minimum Gasteiger partial charge on any atom is -0.321 e. The van der Waals surface area contributed by atoms with Crippen LogP contribution in [0.1, 0.15) is 33.4 Å². The predicted molar refractivity (Wildman–Crippen MR) is 131 cm³/mol. The SMILES string of the molecule is Cc1cc(C)cc(Cc2ccc(Br)cc2/C=C(\C#N)C(=O)Nc2cc(Cl)ccc2C)c1. The lowest BCUT2D eigenvalue weighted by Gasteiger charge is -2.11. The highest BCUT2D eigenvalue weighted by Gasteiger charge is 2.13. The molecule has 0 radical (unpaired) electrons. The summed E-state index contributed by atoms with van der Waals surface area (Å²) in [6, 6.07) is 19.7. The van der Waals surface area contributed by atoms with E-state index in [2.05, 4.69) is 53.3 Å². The Morgan fingerprint density at radius 3 is 2.45 bits per heavy atom. The standard InChI is InChI=1S/C26H22BrClN2O/c1-16-8-17(2)10-19(9-16)11-20-5-6-23(27)13-21(20)12-22(15-29)26(31)30-25-14-24(28)7-4-18(25)3/h4-10,12-14H,11H2,1-3H3,(H,30,31)/b22-12+. The summed E-state index contributed by atoms with van der Waals surface area (Å²) in [5.41, 5.74) is 6.94. The fraction of sp³-hybridized carbons (Fsp3) is 0.154. The lowest BCUT2D eigenvalue weighted by atomic mass is 9.96. The lowest BCUT2D eigenvalue weighted by molar-refractivity contribution is -0.112. The summed E-state index contributed by atoms with van der Waals surface area (Å²) < 4.78 is 0.881. The van der Waals surface area contributed by atoms with Gasteiger partial charge in [0.25, 0.3) is 5.91 Å². The molecule has 1 amide bonds. The van der Waals surface area contributed by atoms with Crippen molar-refractivity contribution >= 4 is 45.2 Å². The first-order valence-corrected chi connectivity index (χ1v) is 11.0. The maximum Gasteiger partial charge on any atom is 0.266 e. The third kappa shape index (κ3) is 6.07. The van der Waals surface area contributed by atoms with Gasteiger partial charge in [0.05, 0.1) is 0 Å². The second-order valence-corrected chi connectivity index (χ2v) is 8.95. The van der Waals surface area contributed by atoms with Gasteiger partial charge in [0.15, 0.2) is 0 Å². The van der Waals surface area contributed by atoms with Crippen LogP contribution in [0, 0.1) is 32.1 Å². The molecule has 3 nitrogen and oxygen atoms in total. The second-order valence-electron chi connectivity index (χ2n) is 7.60. The van der Waals surface area contributed by atoms with Crippen LogP contribution in [0.2, 0.25) is 5.02 Å². The Morgan fingerprint density at radius 2 is 1.77 bits per heavy atom. The van der Waals surface area contributed by atoms with Crippen molar-refractivity contribution < 1.29 is 4.79 Å². The van der Waals surface area contributed by atoms with Crippen LogP contribution in [0.4, 0.5) is 5.69 Å². The van der Waals surface area contributed by atoms with Crippen molar-refractivity contribution in [3.05, 3.63) is 103 Å². The van der Waals surface area contributed by atoms with Crippen LogP contribution >= 0.6 is 27.5 Å². The molecule has 0 spiro atoms. The molecule has 0 bridgehead atoms. The van der Waals surface area contributed by atoms with E-state index in [4.69, 9.17) is 11.6 Å². The Kier molecular flexibility index (Phi) is 7.33. The second kappa shape index (κ2) is 9.96. The summed E-state index contributed by atoms with van der Waals surface area (Å²) in [6.45, 7) is 6.03. The number of benzene rings is 3. The molecule has 0 unspecified atom stereocenters. The number of amides is 1. The summed E-state index contributed by atoms with van der Waals surface area (Å²) in [5.74, 6) is -0.467. The fourth-order valence-corrected chi connectivity index (χ4v) is 4.03. The summed E-state index contributed by atoms with van der Waals surface area (Å²) in [7, 11) is 0. The molecule has 0 heterocycles. The maximum atomic E-state index is 12.8. The monoisotopic (exact) mass is 492 g/mol. The van der Waals surface area contributed by atoms with Crippen LogP contribution in [0.3, 0.4) is 0 Å². The average Bonchev–Trinajstić information content (AvgIpc) is 2.70. The van der Waals surface area contributed by atoms with Gasteiger partial charge >= 0.3 is 0 Å². The van der Waals surface area contributed by atoms with E-state index in [0.717, 1.165) is 21.2 Å². The maximum absolute atomic E-state index is 12.8. The number of aryl methyl sites for hydroxylation is 3. The van der Waals surface area contributed by atoms with Crippen LogP contribution in [0.5, 0.6) is 0 Å². The molecular weight excluding hydrogens is 472 g/mol. The summed E-state index contributed by atoms with van der Waals surface area (Å²) in [6.07, 6.45) is 2.34. The number of carbonyl (C=O) groups is 1.